The molecule has 0 atom stereocenters. The van der Waals surface area contributed by atoms with Gasteiger partial charge in [-0.3, -0.25) is 0 Å². The molecule has 1 heterocycles. The lowest BCUT2D eigenvalue weighted by molar-refractivity contribution is 0.670. The zero-order valence-corrected chi connectivity index (χ0v) is 33.2. The number of anilines is 3. The molecule has 10 aromatic carbocycles. The molecule has 284 valence electrons. The van der Waals surface area contributed by atoms with Gasteiger partial charge in [0.05, 0.1) is 5.41 Å². The molecule has 0 saturated carbocycles. The van der Waals surface area contributed by atoms with Gasteiger partial charge in [0.25, 0.3) is 0 Å². The number of fused-ring (bicyclic) bond motifs is 15. The molecule has 11 aromatic rings. The van der Waals surface area contributed by atoms with Gasteiger partial charge in [0.1, 0.15) is 11.2 Å². The maximum atomic E-state index is 6.86. The summed E-state index contributed by atoms with van der Waals surface area (Å²) in [6, 6.07) is 82.2. The minimum absolute atomic E-state index is 0.449. The van der Waals surface area contributed by atoms with E-state index < -0.39 is 5.41 Å². The zero-order valence-electron chi connectivity index (χ0n) is 33.2. The van der Waals surface area contributed by atoms with E-state index in [4.69, 9.17) is 4.42 Å². The van der Waals surface area contributed by atoms with Crippen molar-refractivity contribution in [2.75, 3.05) is 4.90 Å². The van der Waals surface area contributed by atoms with E-state index in [1.54, 1.807) is 0 Å². The van der Waals surface area contributed by atoms with E-state index in [2.05, 4.69) is 229 Å². The van der Waals surface area contributed by atoms with E-state index in [-0.39, 0.29) is 0 Å². The Labute approximate surface area is 354 Å². The van der Waals surface area contributed by atoms with E-state index in [9.17, 15) is 0 Å². The molecule has 0 bridgehead atoms. The molecule has 0 amide bonds. The summed E-state index contributed by atoms with van der Waals surface area (Å²) in [6.45, 7) is 0. The first-order valence-electron chi connectivity index (χ1n) is 21.1. The summed E-state index contributed by atoms with van der Waals surface area (Å²) in [6.07, 6.45) is 0. The van der Waals surface area contributed by atoms with Crippen LogP contribution in [-0.2, 0) is 5.41 Å². The van der Waals surface area contributed by atoms with Crippen molar-refractivity contribution in [1.29, 1.82) is 0 Å². The van der Waals surface area contributed by atoms with E-state index >= 15 is 0 Å². The van der Waals surface area contributed by atoms with Crippen molar-refractivity contribution in [2.45, 2.75) is 5.41 Å². The first kappa shape index (κ1) is 34.0. The van der Waals surface area contributed by atoms with Crippen LogP contribution in [0.3, 0.4) is 0 Å². The Hall–Kier alpha value is -7.94. The molecule has 2 nitrogen and oxygen atoms in total. The van der Waals surface area contributed by atoms with Crippen LogP contribution in [0.5, 0.6) is 0 Å². The Morgan fingerprint density at radius 1 is 0.328 bits per heavy atom. The number of benzene rings is 10. The number of hydrogen-bond donors (Lipinski definition) is 0. The van der Waals surface area contributed by atoms with Crippen LogP contribution in [0.1, 0.15) is 22.3 Å². The fourth-order valence-electron chi connectivity index (χ4n) is 10.7. The summed E-state index contributed by atoms with van der Waals surface area (Å²) >= 11 is 0. The molecular weight excluding hydrogens is 739 g/mol. The van der Waals surface area contributed by atoms with Gasteiger partial charge in [0.2, 0.25) is 0 Å². The van der Waals surface area contributed by atoms with Gasteiger partial charge in [-0.1, -0.05) is 176 Å². The highest BCUT2D eigenvalue weighted by Gasteiger charge is 2.51. The Balaban J connectivity index is 1.07. The predicted octanol–water partition coefficient (Wildman–Crippen LogP) is 15.9. The summed E-state index contributed by atoms with van der Waals surface area (Å²) in [5, 5.41) is 4.60. The van der Waals surface area contributed by atoms with Crippen molar-refractivity contribution in [3.63, 3.8) is 0 Å². The molecule has 0 unspecified atom stereocenters. The maximum Gasteiger partial charge on any atom is 0.143 e. The summed E-state index contributed by atoms with van der Waals surface area (Å²) in [5.41, 5.74) is 19.7. The van der Waals surface area contributed by atoms with Gasteiger partial charge in [-0.15, -0.1) is 0 Å². The number of nitrogens with zero attached hydrogens (tertiary/aromatic N) is 1. The topological polar surface area (TPSA) is 16.4 Å². The summed E-state index contributed by atoms with van der Waals surface area (Å²) in [4.78, 5) is 2.43. The van der Waals surface area contributed by atoms with Crippen molar-refractivity contribution in [1.82, 2.24) is 0 Å². The summed E-state index contributed by atoms with van der Waals surface area (Å²) in [5.74, 6) is 0. The lowest BCUT2D eigenvalue weighted by Gasteiger charge is -2.32. The average Bonchev–Trinajstić information content (AvgIpc) is 3.97. The van der Waals surface area contributed by atoms with Gasteiger partial charge in [-0.05, 0) is 121 Å². The van der Waals surface area contributed by atoms with Crippen LogP contribution in [0.25, 0.3) is 77.2 Å². The Kier molecular flexibility index (Phi) is 7.26. The summed E-state index contributed by atoms with van der Waals surface area (Å²) in [7, 11) is 0. The molecule has 0 saturated heterocycles. The smallest absolute Gasteiger partial charge is 0.143 e. The van der Waals surface area contributed by atoms with Gasteiger partial charge >= 0.3 is 0 Å². The Bertz CT molecular complexity index is 3460. The van der Waals surface area contributed by atoms with Crippen molar-refractivity contribution < 1.29 is 4.42 Å². The monoisotopic (exact) mass is 775 g/mol. The third-order valence-corrected chi connectivity index (χ3v) is 13.3. The fourth-order valence-corrected chi connectivity index (χ4v) is 10.7. The van der Waals surface area contributed by atoms with E-state index in [1.807, 2.05) is 0 Å². The largest absolute Gasteiger partial charge is 0.455 e. The normalized spacial score (nSPS) is 13.0. The van der Waals surface area contributed by atoms with Crippen LogP contribution >= 0.6 is 0 Å². The second kappa shape index (κ2) is 13.0. The number of hydrogen-bond acceptors (Lipinski definition) is 2. The zero-order chi connectivity index (χ0) is 40.1. The molecule has 1 aromatic heterocycles. The highest BCUT2D eigenvalue weighted by atomic mass is 16.3. The molecule has 2 aliphatic rings. The third-order valence-electron chi connectivity index (χ3n) is 13.3. The van der Waals surface area contributed by atoms with Gasteiger partial charge in [0.15, 0.2) is 0 Å². The van der Waals surface area contributed by atoms with Crippen molar-refractivity contribution in [3.8, 4) is 44.5 Å². The fraction of sp³-hybridized carbons (Fsp3) is 0.0169. The first-order chi connectivity index (χ1) is 30.3. The van der Waals surface area contributed by atoms with Crippen LogP contribution in [0.4, 0.5) is 17.1 Å². The third kappa shape index (κ3) is 4.85. The van der Waals surface area contributed by atoms with E-state index in [1.165, 1.54) is 66.4 Å². The predicted molar refractivity (Wildman–Crippen MR) is 253 cm³/mol. The lowest BCUT2D eigenvalue weighted by Crippen LogP contribution is -2.26. The first-order valence-corrected chi connectivity index (χ1v) is 21.1. The molecule has 0 radical (unpaired) electrons. The number of furan rings is 1. The highest BCUT2D eigenvalue weighted by molar-refractivity contribution is 6.23. The van der Waals surface area contributed by atoms with Crippen LogP contribution in [0.2, 0.25) is 0 Å². The van der Waals surface area contributed by atoms with Crippen molar-refractivity contribution in [2.24, 2.45) is 0 Å². The Morgan fingerprint density at radius 2 is 0.836 bits per heavy atom. The second-order valence-corrected chi connectivity index (χ2v) is 16.4. The van der Waals surface area contributed by atoms with Crippen LogP contribution in [0, 0.1) is 0 Å². The molecule has 13 rings (SSSR count). The second-order valence-electron chi connectivity index (χ2n) is 16.4. The van der Waals surface area contributed by atoms with Gasteiger partial charge in [-0.2, -0.15) is 0 Å². The summed E-state index contributed by atoms with van der Waals surface area (Å²) < 4.78 is 6.86. The maximum absolute atomic E-state index is 6.86. The molecule has 61 heavy (non-hydrogen) atoms. The molecule has 2 aliphatic carbocycles. The molecule has 0 aliphatic heterocycles. The van der Waals surface area contributed by atoms with Crippen LogP contribution in [0.15, 0.2) is 229 Å². The number of rotatable bonds is 5. The highest BCUT2D eigenvalue weighted by Crippen LogP contribution is 2.63. The molecule has 0 fully saturated rings. The molecular formula is C59H37NO. The molecule has 0 N–H and O–H groups in total. The molecule has 2 heteroatoms. The minimum atomic E-state index is -0.449. The standard InChI is InChI=1S/C59H37NO/c1-3-15-38(16-4-1)39-27-29-42(30-28-39)60(43-32-34-56-51(36-43)57-45-20-8-7-19-41(45)35-50(58(57)61-56)40-17-5-2-6-18-40)44-31-33-49-48-23-11-14-26-54(48)59(55(49)37-44)52-24-12-9-21-46(52)47-22-10-13-25-53(47)59/h1-37H. The van der Waals surface area contributed by atoms with Crippen LogP contribution in [-0.4, -0.2) is 0 Å². The van der Waals surface area contributed by atoms with Gasteiger partial charge < -0.3 is 9.32 Å². The van der Waals surface area contributed by atoms with Gasteiger partial charge in [-0.25, -0.2) is 0 Å². The van der Waals surface area contributed by atoms with Gasteiger partial charge in [0, 0.05) is 33.4 Å². The quantitative estimate of drug-likeness (QED) is 0.173. The minimum Gasteiger partial charge on any atom is -0.455 e. The van der Waals surface area contributed by atoms with Crippen molar-refractivity contribution in [3.05, 3.63) is 247 Å². The van der Waals surface area contributed by atoms with E-state index in [0.29, 0.717) is 0 Å². The Morgan fingerprint density at radius 3 is 1.51 bits per heavy atom. The van der Waals surface area contributed by atoms with Crippen molar-refractivity contribution >= 4 is 49.8 Å². The average molecular weight is 776 g/mol. The SMILES string of the molecule is c1ccc(-c2ccc(N(c3ccc4c(c3)C3(c5ccccc5-c5ccccc53)c3ccccc3-4)c3ccc4oc5c(-c6ccccc6)cc6ccccc6c5c4c3)cc2)cc1. The van der Waals surface area contributed by atoms with E-state index in [0.717, 1.165) is 50.1 Å². The lowest BCUT2D eigenvalue weighted by atomic mass is 9.70. The molecule has 1 spiro atoms. The van der Waals surface area contributed by atoms with Crippen LogP contribution < -0.4 is 4.90 Å².